The lowest BCUT2D eigenvalue weighted by Gasteiger charge is -2.10. The molecule has 6 aromatic rings. The van der Waals surface area contributed by atoms with Crippen LogP contribution in [-0.4, -0.2) is 27.9 Å². The summed E-state index contributed by atoms with van der Waals surface area (Å²) < 4.78 is 18.7. The normalized spacial score (nSPS) is 11.4. The van der Waals surface area contributed by atoms with Gasteiger partial charge in [0.1, 0.15) is 23.7 Å². The van der Waals surface area contributed by atoms with Crippen LogP contribution in [0.2, 0.25) is 5.02 Å². The van der Waals surface area contributed by atoms with Crippen LogP contribution in [0, 0.1) is 10.1 Å². The first-order valence-electron chi connectivity index (χ1n) is 12.7. The molecule has 208 valence electrons. The summed E-state index contributed by atoms with van der Waals surface area (Å²) in [5, 5.41) is 17.0. The summed E-state index contributed by atoms with van der Waals surface area (Å²) >= 11 is 6.28. The second kappa shape index (κ2) is 11.2. The standard InChI is InChI=1S/C31H21ClN4O6/c1-40-27-7-4-8-28-24(27)16-29(42-28)30-34-25-6-3-2-5-23(25)31(37)35(30)33-17-20-15-21(32)11-14-26(20)41-18-19-9-12-22(13-10-19)36(38)39/h2-17H,18H2,1H3. The lowest BCUT2D eigenvalue weighted by atomic mass is 10.2. The molecule has 2 aromatic heterocycles. The molecular weight excluding hydrogens is 560 g/mol. The Balaban J connectivity index is 1.41. The number of methoxy groups -OCH3 is 1. The topological polar surface area (TPSA) is 122 Å². The molecule has 11 heteroatoms. The number of benzene rings is 4. The molecule has 42 heavy (non-hydrogen) atoms. The Kier molecular flexibility index (Phi) is 7.12. The number of nitrogens with zero attached hydrogens (tertiary/aromatic N) is 4. The Morgan fingerprint density at radius 3 is 2.60 bits per heavy atom. The van der Waals surface area contributed by atoms with E-state index in [1.807, 2.05) is 12.1 Å². The highest BCUT2D eigenvalue weighted by molar-refractivity contribution is 6.30. The van der Waals surface area contributed by atoms with Gasteiger partial charge in [-0.25, -0.2) is 4.98 Å². The molecule has 10 nitrogen and oxygen atoms in total. The van der Waals surface area contributed by atoms with Crippen molar-refractivity contribution in [3.05, 3.63) is 128 Å². The Hall–Kier alpha value is -5.48. The minimum atomic E-state index is -0.460. The number of halogens is 1. The zero-order valence-electron chi connectivity index (χ0n) is 22.1. The minimum Gasteiger partial charge on any atom is -0.496 e. The van der Waals surface area contributed by atoms with Gasteiger partial charge < -0.3 is 13.9 Å². The molecule has 6 rings (SSSR count). The van der Waals surface area contributed by atoms with E-state index in [0.29, 0.717) is 44.3 Å². The molecule has 0 aliphatic rings. The van der Waals surface area contributed by atoms with Gasteiger partial charge in [-0.15, -0.1) is 0 Å². The predicted molar refractivity (Wildman–Crippen MR) is 160 cm³/mol. The number of hydrogen-bond acceptors (Lipinski definition) is 8. The van der Waals surface area contributed by atoms with Crippen LogP contribution in [0.25, 0.3) is 33.5 Å². The highest BCUT2D eigenvalue weighted by atomic mass is 35.5. The zero-order valence-corrected chi connectivity index (χ0v) is 22.8. The van der Waals surface area contributed by atoms with E-state index in [2.05, 4.69) is 5.10 Å². The number of nitro benzene ring substituents is 1. The van der Waals surface area contributed by atoms with Gasteiger partial charge in [0.25, 0.3) is 11.2 Å². The molecule has 0 aliphatic carbocycles. The third-order valence-electron chi connectivity index (χ3n) is 6.54. The number of hydrogen-bond donors (Lipinski definition) is 0. The number of para-hydroxylation sites is 1. The largest absolute Gasteiger partial charge is 0.496 e. The molecule has 0 bridgehead atoms. The van der Waals surface area contributed by atoms with E-state index in [1.54, 1.807) is 73.8 Å². The van der Waals surface area contributed by atoms with E-state index in [9.17, 15) is 14.9 Å². The van der Waals surface area contributed by atoms with Crippen LogP contribution in [0.5, 0.6) is 11.5 Å². The van der Waals surface area contributed by atoms with Crippen molar-refractivity contribution in [2.24, 2.45) is 5.10 Å². The summed E-state index contributed by atoms with van der Waals surface area (Å²) in [6, 6.07) is 25.2. The molecule has 0 saturated heterocycles. The fourth-order valence-corrected chi connectivity index (χ4v) is 4.64. The number of aromatic nitrogens is 2. The summed E-state index contributed by atoms with van der Waals surface area (Å²) in [7, 11) is 1.57. The van der Waals surface area contributed by atoms with Gasteiger partial charge in [0.05, 0.1) is 34.5 Å². The van der Waals surface area contributed by atoms with Gasteiger partial charge in [-0.3, -0.25) is 14.9 Å². The van der Waals surface area contributed by atoms with E-state index in [1.165, 1.54) is 23.0 Å². The quantitative estimate of drug-likeness (QED) is 0.110. The van der Waals surface area contributed by atoms with Crippen molar-refractivity contribution in [3.63, 3.8) is 0 Å². The number of nitro groups is 1. The van der Waals surface area contributed by atoms with Gasteiger partial charge in [-0.05, 0) is 66.2 Å². The van der Waals surface area contributed by atoms with Crippen molar-refractivity contribution in [1.29, 1.82) is 0 Å². The molecule has 0 saturated carbocycles. The molecule has 0 fully saturated rings. The summed E-state index contributed by atoms with van der Waals surface area (Å²) in [6.07, 6.45) is 1.46. The maximum absolute atomic E-state index is 13.7. The average Bonchev–Trinajstić information content (AvgIpc) is 3.45. The SMILES string of the molecule is COc1cccc2oc(-c3nc4ccccc4c(=O)n3N=Cc3cc(Cl)ccc3OCc3ccc([N+](=O)[O-])cc3)cc12. The molecule has 2 heterocycles. The highest BCUT2D eigenvalue weighted by Crippen LogP contribution is 2.33. The van der Waals surface area contributed by atoms with Gasteiger partial charge in [-0.2, -0.15) is 9.78 Å². The van der Waals surface area contributed by atoms with Gasteiger partial charge in [0, 0.05) is 22.7 Å². The van der Waals surface area contributed by atoms with Gasteiger partial charge >= 0.3 is 0 Å². The Bertz CT molecular complexity index is 2050. The van der Waals surface area contributed by atoms with Gasteiger partial charge in [0.2, 0.25) is 5.82 Å². The average molecular weight is 581 g/mol. The van der Waals surface area contributed by atoms with Crippen LogP contribution in [0.4, 0.5) is 5.69 Å². The Morgan fingerprint density at radius 1 is 1.00 bits per heavy atom. The first kappa shape index (κ1) is 26.7. The van der Waals surface area contributed by atoms with E-state index in [0.717, 1.165) is 10.9 Å². The van der Waals surface area contributed by atoms with Crippen molar-refractivity contribution in [2.45, 2.75) is 6.61 Å². The Morgan fingerprint density at radius 2 is 1.81 bits per heavy atom. The first-order valence-corrected chi connectivity index (χ1v) is 13.1. The number of fused-ring (bicyclic) bond motifs is 2. The molecular formula is C31H21ClN4O6. The molecule has 0 N–H and O–H groups in total. The number of ether oxygens (including phenoxy) is 2. The molecule has 0 atom stereocenters. The summed E-state index contributed by atoms with van der Waals surface area (Å²) in [5.74, 6) is 1.59. The monoisotopic (exact) mass is 580 g/mol. The second-order valence-corrected chi connectivity index (χ2v) is 9.63. The Labute approximate surface area is 243 Å². The summed E-state index contributed by atoms with van der Waals surface area (Å²) in [5.41, 5.74) is 1.89. The predicted octanol–water partition coefficient (Wildman–Crippen LogP) is 6.84. The van der Waals surface area contributed by atoms with Crippen LogP contribution in [0.15, 0.2) is 105 Å². The summed E-state index contributed by atoms with van der Waals surface area (Å²) in [4.78, 5) is 28.9. The van der Waals surface area contributed by atoms with Crippen molar-refractivity contribution < 1.29 is 18.8 Å². The zero-order chi connectivity index (χ0) is 29.2. The van der Waals surface area contributed by atoms with Gasteiger partial charge in [-0.1, -0.05) is 29.8 Å². The molecule has 0 amide bonds. The maximum Gasteiger partial charge on any atom is 0.282 e. The first-order chi connectivity index (χ1) is 20.4. The maximum atomic E-state index is 13.7. The van der Waals surface area contributed by atoms with E-state index in [4.69, 9.17) is 30.5 Å². The number of rotatable bonds is 8. The van der Waals surface area contributed by atoms with Crippen LogP contribution in [-0.2, 0) is 6.61 Å². The third kappa shape index (κ3) is 5.18. The highest BCUT2D eigenvalue weighted by Gasteiger charge is 2.18. The van der Waals surface area contributed by atoms with E-state index >= 15 is 0 Å². The lowest BCUT2D eigenvalue weighted by Crippen LogP contribution is -2.20. The van der Waals surface area contributed by atoms with Crippen LogP contribution >= 0.6 is 11.6 Å². The molecule has 0 aliphatic heterocycles. The molecule has 0 unspecified atom stereocenters. The number of furan rings is 1. The fraction of sp³-hybridized carbons (Fsp3) is 0.0645. The molecule has 0 spiro atoms. The third-order valence-corrected chi connectivity index (χ3v) is 6.78. The smallest absolute Gasteiger partial charge is 0.282 e. The van der Waals surface area contributed by atoms with Crippen molar-refractivity contribution in [2.75, 3.05) is 7.11 Å². The van der Waals surface area contributed by atoms with Crippen LogP contribution < -0.4 is 15.0 Å². The van der Waals surface area contributed by atoms with Crippen molar-refractivity contribution >= 4 is 45.4 Å². The van der Waals surface area contributed by atoms with E-state index < -0.39 is 10.5 Å². The molecule has 4 aromatic carbocycles. The van der Waals surface area contributed by atoms with Crippen molar-refractivity contribution in [3.8, 4) is 23.1 Å². The number of non-ortho nitro benzene ring substituents is 1. The van der Waals surface area contributed by atoms with Crippen molar-refractivity contribution in [1.82, 2.24) is 9.66 Å². The summed E-state index contributed by atoms with van der Waals surface area (Å²) in [6.45, 7) is 0.143. The lowest BCUT2D eigenvalue weighted by molar-refractivity contribution is -0.384. The van der Waals surface area contributed by atoms with Crippen LogP contribution in [0.1, 0.15) is 11.1 Å². The van der Waals surface area contributed by atoms with Gasteiger partial charge in [0.15, 0.2) is 5.76 Å². The molecule has 0 radical (unpaired) electrons. The fourth-order valence-electron chi connectivity index (χ4n) is 4.46. The second-order valence-electron chi connectivity index (χ2n) is 9.19. The van der Waals surface area contributed by atoms with Crippen LogP contribution in [0.3, 0.4) is 0 Å². The minimum absolute atomic E-state index is 0.00815. The van der Waals surface area contributed by atoms with E-state index in [-0.39, 0.29) is 18.1 Å².